The molecule has 0 bridgehead atoms. The summed E-state index contributed by atoms with van der Waals surface area (Å²) in [5.41, 5.74) is 3.73. The lowest BCUT2D eigenvalue weighted by atomic mass is 10.0. The zero-order valence-corrected chi connectivity index (χ0v) is 15.6. The molecule has 0 aliphatic carbocycles. The molecule has 4 rings (SSSR count). The van der Waals surface area contributed by atoms with Crippen LogP contribution in [0.15, 0.2) is 82.0 Å². The van der Waals surface area contributed by atoms with Crippen molar-refractivity contribution in [2.75, 3.05) is 0 Å². The van der Waals surface area contributed by atoms with Gasteiger partial charge in [0.25, 0.3) is 0 Å². The van der Waals surface area contributed by atoms with Crippen molar-refractivity contribution in [3.63, 3.8) is 0 Å². The predicted molar refractivity (Wildman–Crippen MR) is 109 cm³/mol. The van der Waals surface area contributed by atoms with Crippen LogP contribution in [-0.2, 0) is 0 Å². The normalized spacial score (nSPS) is 10.8. The molecule has 4 heteroatoms. The van der Waals surface area contributed by atoms with Crippen molar-refractivity contribution in [1.29, 1.82) is 0 Å². The minimum absolute atomic E-state index is 0.368. The number of hydrogen-bond acceptors (Lipinski definition) is 4. The van der Waals surface area contributed by atoms with Crippen LogP contribution in [0.3, 0.4) is 0 Å². The van der Waals surface area contributed by atoms with Crippen LogP contribution in [0.2, 0.25) is 0 Å². The molecule has 0 saturated heterocycles. The highest BCUT2D eigenvalue weighted by atomic mass is 16.5. The van der Waals surface area contributed by atoms with E-state index < -0.39 is 11.6 Å². The summed E-state index contributed by atoms with van der Waals surface area (Å²) in [6.45, 7) is 3.69. The van der Waals surface area contributed by atoms with Gasteiger partial charge in [0.2, 0.25) is 0 Å². The minimum Gasteiger partial charge on any atom is -0.423 e. The van der Waals surface area contributed by atoms with Gasteiger partial charge in [0.1, 0.15) is 11.3 Å². The van der Waals surface area contributed by atoms with Crippen LogP contribution in [0.25, 0.3) is 22.1 Å². The molecule has 0 aliphatic heterocycles. The fraction of sp³-hybridized carbons (Fsp3) is 0.0833. The largest absolute Gasteiger partial charge is 0.423 e. The van der Waals surface area contributed by atoms with Gasteiger partial charge in [0.15, 0.2) is 0 Å². The van der Waals surface area contributed by atoms with Gasteiger partial charge in [-0.1, -0.05) is 48.0 Å². The van der Waals surface area contributed by atoms with Crippen molar-refractivity contribution >= 4 is 16.9 Å². The molecule has 1 aromatic heterocycles. The van der Waals surface area contributed by atoms with Gasteiger partial charge in [-0.2, -0.15) is 0 Å². The first-order valence-electron chi connectivity index (χ1n) is 8.94. The summed E-state index contributed by atoms with van der Waals surface area (Å²) in [7, 11) is 0. The van der Waals surface area contributed by atoms with Gasteiger partial charge in [-0.3, -0.25) is 0 Å². The monoisotopic (exact) mass is 370 g/mol. The number of aryl methyl sites for hydroxylation is 2. The molecule has 0 N–H and O–H groups in total. The second-order valence-corrected chi connectivity index (χ2v) is 6.67. The molecule has 0 atom stereocenters. The van der Waals surface area contributed by atoms with Crippen molar-refractivity contribution in [1.82, 2.24) is 0 Å². The zero-order valence-electron chi connectivity index (χ0n) is 15.6. The van der Waals surface area contributed by atoms with Gasteiger partial charge < -0.3 is 9.15 Å². The maximum atomic E-state index is 12.5. The average molecular weight is 370 g/mol. The Morgan fingerprint density at radius 2 is 1.68 bits per heavy atom. The van der Waals surface area contributed by atoms with Crippen LogP contribution in [0.5, 0.6) is 5.75 Å². The standard InChI is InChI=1S/C24H18O4/c1-15-7-6-10-18(13-15)24(26)27-21-12-11-19-20(17-8-4-3-5-9-17)14-22(25)28-23(19)16(21)2/h3-14H,1-2H3. The van der Waals surface area contributed by atoms with Crippen molar-refractivity contribution in [2.24, 2.45) is 0 Å². The van der Waals surface area contributed by atoms with Crippen molar-refractivity contribution in [2.45, 2.75) is 13.8 Å². The molecular formula is C24H18O4. The summed E-state index contributed by atoms with van der Waals surface area (Å²) in [4.78, 5) is 24.6. The van der Waals surface area contributed by atoms with E-state index in [1.54, 1.807) is 25.1 Å². The van der Waals surface area contributed by atoms with E-state index in [1.807, 2.05) is 55.5 Å². The lowest BCUT2D eigenvalue weighted by molar-refractivity contribution is 0.0733. The summed E-state index contributed by atoms with van der Waals surface area (Å²) in [5.74, 6) is -0.0833. The summed E-state index contributed by atoms with van der Waals surface area (Å²) in [6, 6.07) is 21.9. The Labute approximate surface area is 162 Å². The molecule has 4 nitrogen and oxygen atoms in total. The first kappa shape index (κ1) is 17.7. The maximum Gasteiger partial charge on any atom is 0.343 e. The molecule has 4 aromatic rings. The van der Waals surface area contributed by atoms with E-state index in [0.717, 1.165) is 22.1 Å². The molecule has 1 heterocycles. The van der Waals surface area contributed by atoms with Gasteiger partial charge in [-0.15, -0.1) is 0 Å². The third-order valence-corrected chi connectivity index (χ3v) is 4.65. The molecular weight excluding hydrogens is 352 g/mol. The molecule has 0 radical (unpaired) electrons. The van der Waals surface area contributed by atoms with E-state index in [0.29, 0.717) is 22.5 Å². The van der Waals surface area contributed by atoms with Crippen molar-refractivity contribution in [3.05, 3.63) is 99.9 Å². The van der Waals surface area contributed by atoms with E-state index >= 15 is 0 Å². The molecule has 28 heavy (non-hydrogen) atoms. The number of benzene rings is 3. The third-order valence-electron chi connectivity index (χ3n) is 4.65. The second kappa shape index (κ2) is 7.16. The Bertz CT molecular complexity index is 1240. The summed E-state index contributed by atoms with van der Waals surface area (Å²) >= 11 is 0. The first-order chi connectivity index (χ1) is 13.5. The summed E-state index contributed by atoms with van der Waals surface area (Å²) < 4.78 is 11.0. The van der Waals surface area contributed by atoms with E-state index in [9.17, 15) is 9.59 Å². The molecule has 0 spiro atoms. The highest BCUT2D eigenvalue weighted by molar-refractivity contribution is 5.97. The number of hydrogen-bond donors (Lipinski definition) is 0. The van der Waals surface area contributed by atoms with Crippen LogP contribution in [0.4, 0.5) is 0 Å². The Balaban J connectivity index is 1.79. The molecule has 0 amide bonds. The number of esters is 1. The molecule has 138 valence electrons. The highest BCUT2D eigenvalue weighted by Gasteiger charge is 2.16. The predicted octanol–water partition coefficient (Wildman–Crippen LogP) is 5.30. The summed E-state index contributed by atoms with van der Waals surface area (Å²) in [5, 5.41) is 0.790. The summed E-state index contributed by atoms with van der Waals surface area (Å²) in [6.07, 6.45) is 0. The topological polar surface area (TPSA) is 56.5 Å². The molecule has 3 aromatic carbocycles. The number of fused-ring (bicyclic) bond motifs is 1. The average Bonchev–Trinajstić information content (AvgIpc) is 2.70. The Hall–Kier alpha value is -3.66. The number of carbonyl (C=O) groups excluding carboxylic acids is 1. The van der Waals surface area contributed by atoms with Crippen LogP contribution < -0.4 is 10.4 Å². The maximum absolute atomic E-state index is 12.5. The third kappa shape index (κ3) is 3.32. The molecule has 0 fully saturated rings. The van der Waals surface area contributed by atoms with Gasteiger partial charge in [-0.25, -0.2) is 9.59 Å². The minimum atomic E-state index is -0.451. The van der Waals surface area contributed by atoms with Gasteiger partial charge >= 0.3 is 11.6 Å². The van der Waals surface area contributed by atoms with Gasteiger partial charge in [-0.05, 0) is 49.2 Å². The number of rotatable bonds is 3. The quantitative estimate of drug-likeness (QED) is 0.279. The Morgan fingerprint density at radius 3 is 2.43 bits per heavy atom. The SMILES string of the molecule is Cc1cccc(C(=O)Oc2ccc3c(-c4ccccc4)cc(=O)oc3c2C)c1. The van der Waals surface area contributed by atoms with Crippen LogP contribution >= 0.6 is 0 Å². The zero-order chi connectivity index (χ0) is 19.7. The number of carbonyl (C=O) groups is 1. The molecule has 0 aliphatic rings. The highest BCUT2D eigenvalue weighted by Crippen LogP contribution is 2.33. The van der Waals surface area contributed by atoms with E-state index in [-0.39, 0.29) is 0 Å². The van der Waals surface area contributed by atoms with E-state index in [2.05, 4.69) is 0 Å². The second-order valence-electron chi connectivity index (χ2n) is 6.67. The fourth-order valence-corrected chi connectivity index (χ4v) is 3.24. The smallest absolute Gasteiger partial charge is 0.343 e. The molecule has 0 unspecified atom stereocenters. The molecule has 0 saturated carbocycles. The van der Waals surface area contributed by atoms with E-state index in [4.69, 9.17) is 9.15 Å². The first-order valence-corrected chi connectivity index (χ1v) is 8.94. The lowest BCUT2D eigenvalue weighted by Crippen LogP contribution is -2.10. The van der Waals surface area contributed by atoms with Gasteiger partial charge in [0.05, 0.1) is 5.56 Å². The van der Waals surface area contributed by atoms with E-state index in [1.165, 1.54) is 6.07 Å². The van der Waals surface area contributed by atoms with Crippen LogP contribution in [0, 0.1) is 13.8 Å². The van der Waals surface area contributed by atoms with Crippen molar-refractivity contribution < 1.29 is 13.9 Å². The number of ether oxygens (including phenoxy) is 1. The fourth-order valence-electron chi connectivity index (χ4n) is 3.24. The van der Waals surface area contributed by atoms with Crippen LogP contribution in [0.1, 0.15) is 21.5 Å². The van der Waals surface area contributed by atoms with Gasteiger partial charge in [0, 0.05) is 17.0 Å². The Morgan fingerprint density at radius 1 is 0.893 bits per heavy atom. The van der Waals surface area contributed by atoms with Crippen molar-refractivity contribution in [3.8, 4) is 16.9 Å². The lowest BCUT2D eigenvalue weighted by Gasteiger charge is -2.12. The Kier molecular flexibility index (Phi) is 4.53. The van der Waals surface area contributed by atoms with Crippen LogP contribution in [-0.4, -0.2) is 5.97 Å².